The molecule has 0 spiro atoms. The van der Waals surface area contributed by atoms with Gasteiger partial charge in [-0.15, -0.1) is 0 Å². The molecule has 3 nitrogen and oxygen atoms in total. The van der Waals surface area contributed by atoms with E-state index in [0.29, 0.717) is 24.0 Å². The topological polar surface area (TPSA) is 50.4 Å². The van der Waals surface area contributed by atoms with Crippen LogP contribution in [0.15, 0.2) is 35.3 Å². The predicted octanol–water partition coefficient (Wildman–Crippen LogP) is 2.68. The summed E-state index contributed by atoms with van der Waals surface area (Å²) in [5.74, 6) is 0.710. The van der Waals surface area contributed by atoms with Crippen LogP contribution in [0.4, 0.5) is 4.39 Å². The van der Waals surface area contributed by atoms with Gasteiger partial charge >= 0.3 is 0 Å². The van der Waals surface area contributed by atoms with E-state index in [-0.39, 0.29) is 12.4 Å². The molecule has 0 aromatic heterocycles. The van der Waals surface area contributed by atoms with Crippen molar-refractivity contribution in [3.63, 3.8) is 0 Å². The number of benzene rings is 1. The van der Waals surface area contributed by atoms with Gasteiger partial charge in [0.15, 0.2) is 5.96 Å². The Labute approximate surface area is 113 Å². The Morgan fingerprint density at radius 2 is 2.26 bits per heavy atom. The average Bonchev–Trinajstić information content (AvgIpc) is 3.19. The van der Waals surface area contributed by atoms with Crippen LogP contribution in [-0.2, 0) is 6.54 Å². The molecule has 0 bridgehead atoms. The lowest BCUT2D eigenvalue weighted by Crippen LogP contribution is -2.32. The van der Waals surface area contributed by atoms with E-state index in [4.69, 9.17) is 5.73 Å². The van der Waals surface area contributed by atoms with Crippen molar-refractivity contribution in [2.45, 2.75) is 32.2 Å². The minimum atomic E-state index is -0.221. The van der Waals surface area contributed by atoms with Crippen molar-refractivity contribution in [3.05, 3.63) is 47.3 Å². The molecule has 0 radical (unpaired) electrons. The van der Waals surface area contributed by atoms with Gasteiger partial charge in [0.25, 0.3) is 0 Å². The number of nitrogens with two attached hydrogens (primary N) is 1. The highest BCUT2D eigenvalue weighted by Gasteiger charge is 2.23. The minimum Gasteiger partial charge on any atom is -0.370 e. The van der Waals surface area contributed by atoms with Gasteiger partial charge in [-0.1, -0.05) is 24.3 Å². The summed E-state index contributed by atoms with van der Waals surface area (Å²) in [6, 6.07) is 5.29. The standard InChI is InChI=1S/C15H20FN3/c1-10(2)8-18-15(17)19-9-13-7-12(11-3-4-11)5-6-14(13)16/h5-7,11H,1,3-4,8-9H2,2H3,(H3,17,18,19). The van der Waals surface area contributed by atoms with E-state index in [1.54, 1.807) is 0 Å². The molecule has 1 aliphatic rings. The van der Waals surface area contributed by atoms with Gasteiger partial charge in [0.05, 0.1) is 6.54 Å². The van der Waals surface area contributed by atoms with E-state index in [1.807, 2.05) is 19.1 Å². The van der Waals surface area contributed by atoms with Gasteiger partial charge in [-0.2, -0.15) is 0 Å². The molecule has 102 valence electrons. The summed E-state index contributed by atoms with van der Waals surface area (Å²) in [4.78, 5) is 4.15. The fourth-order valence-corrected chi connectivity index (χ4v) is 1.85. The molecule has 3 N–H and O–H groups in total. The first-order valence-corrected chi connectivity index (χ1v) is 6.52. The first-order valence-electron chi connectivity index (χ1n) is 6.52. The van der Waals surface area contributed by atoms with E-state index in [1.165, 1.54) is 24.5 Å². The van der Waals surface area contributed by atoms with Crippen LogP contribution in [0.5, 0.6) is 0 Å². The lowest BCUT2D eigenvalue weighted by atomic mass is 10.1. The molecule has 19 heavy (non-hydrogen) atoms. The van der Waals surface area contributed by atoms with Crippen LogP contribution in [0, 0.1) is 5.82 Å². The number of hydrogen-bond donors (Lipinski definition) is 2. The summed E-state index contributed by atoms with van der Waals surface area (Å²) < 4.78 is 13.7. The molecule has 0 amide bonds. The summed E-state index contributed by atoms with van der Waals surface area (Å²) in [5.41, 5.74) is 8.49. The number of aliphatic imine (C=N–C) groups is 1. The maximum atomic E-state index is 13.7. The van der Waals surface area contributed by atoms with Gasteiger partial charge in [-0.3, -0.25) is 0 Å². The second-order valence-corrected chi connectivity index (χ2v) is 5.14. The van der Waals surface area contributed by atoms with Gasteiger partial charge in [-0.25, -0.2) is 9.38 Å². The van der Waals surface area contributed by atoms with Crippen molar-refractivity contribution < 1.29 is 4.39 Å². The number of halogens is 1. The molecule has 0 aliphatic heterocycles. The second-order valence-electron chi connectivity index (χ2n) is 5.14. The normalized spacial score (nSPS) is 15.4. The van der Waals surface area contributed by atoms with E-state index < -0.39 is 0 Å². The third-order valence-electron chi connectivity index (χ3n) is 3.11. The van der Waals surface area contributed by atoms with E-state index in [9.17, 15) is 4.39 Å². The van der Waals surface area contributed by atoms with Crippen LogP contribution >= 0.6 is 0 Å². The third-order valence-corrected chi connectivity index (χ3v) is 3.11. The van der Waals surface area contributed by atoms with Gasteiger partial charge in [0, 0.05) is 12.1 Å². The van der Waals surface area contributed by atoms with Gasteiger partial charge in [0.1, 0.15) is 5.82 Å². The second kappa shape index (κ2) is 5.87. The van der Waals surface area contributed by atoms with Crippen molar-refractivity contribution in [3.8, 4) is 0 Å². The lowest BCUT2D eigenvalue weighted by molar-refractivity contribution is 0.609. The number of hydrogen-bond acceptors (Lipinski definition) is 1. The zero-order chi connectivity index (χ0) is 13.8. The first kappa shape index (κ1) is 13.6. The molecule has 4 heteroatoms. The molecule has 0 heterocycles. The molecule has 0 unspecified atom stereocenters. The highest BCUT2D eigenvalue weighted by Crippen LogP contribution is 2.40. The first-order chi connectivity index (χ1) is 9.06. The molecular formula is C15H20FN3. The van der Waals surface area contributed by atoms with Crippen LogP contribution in [0.1, 0.15) is 36.8 Å². The Balaban J connectivity index is 1.99. The van der Waals surface area contributed by atoms with Crippen molar-refractivity contribution in [1.29, 1.82) is 0 Å². The summed E-state index contributed by atoms with van der Waals surface area (Å²) in [5, 5.41) is 2.93. The zero-order valence-corrected chi connectivity index (χ0v) is 11.2. The Morgan fingerprint density at radius 1 is 1.53 bits per heavy atom. The fraction of sp³-hybridized carbons (Fsp3) is 0.400. The maximum Gasteiger partial charge on any atom is 0.189 e. The molecule has 1 aliphatic carbocycles. The van der Waals surface area contributed by atoms with Crippen LogP contribution in [0.2, 0.25) is 0 Å². The monoisotopic (exact) mass is 261 g/mol. The van der Waals surface area contributed by atoms with Crippen molar-refractivity contribution >= 4 is 5.96 Å². The van der Waals surface area contributed by atoms with Gasteiger partial charge in [0.2, 0.25) is 0 Å². The van der Waals surface area contributed by atoms with Crippen molar-refractivity contribution in [2.24, 2.45) is 10.7 Å². The Kier molecular flexibility index (Phi) is 4.20. The predicted molar refractivity (Wildman–Crippen MR) is 76.5 cm³/mol. The lowest BCUT2D eigenvalue weighted by Gasteiger charge is -2.06. The minimum absolute atomic E-state index is 0.221. The molecule has 1 aromatic carbocycles. The molecule has 1 saturated carbocycles. The molecule has 0 atom stereocenters. The van der Waals surface area contributed by atoms with Gasteiger partial charge in [-0.05, 0) is 37.3 Å². The number of guanidine groups is 1. The Hall–Kier alpha value is -1.84. The van der Waals surface area contributed by atoms with Gasteiger partial charge < -0.3 is 11.1 Å². The molecular weight excluding hydrogens is 241 g/mol. The maximum absolute atomic E-state index is 13.7. The summed E-state index contributed by atoms with van der Waals surface area (Å²) in [6.07, 6.45) is 2.41. The fourth-order valence-electron chi connectivity index (χ4n) is 1.85. The highest BCUT2D eigenvalue weighted by molar-refractivity contribution is 5.78. The summed E-state index contributed by atoms with van der Waals surface area (Å²) in [6.45, 7) is 6.51. The Bertz CT molecular complexity index is 504. The van der Waals surface area contributed by atoms with Crippen LogP contribution in [0.3, 0.4) is 0 Å². The quantitative estimate of drug-likeness (QED) is 0.486. The van der Waals surface area contributed by atoms with Crippen LogP contribution < -0.4 is 11.1 Å². The SMILES string of the molecule is C=C(C)CNC(N)=NCc1cc(C2CC2)ccc1F. The number of nitrogens with one attached hydrogen (secondary N) is 1. The molecule has 1 fully saturated rings. The molecule has 2 rings (SSSR count). The Morgan fingerprint density at radius 3 is 2.89 bits per heavy atom. The van der Waals surface area contributed by atoms with Crippen molar-refractivity contribution in [1.82, 2.24) is 5.32 Å². The van der Waals surface area contributed by atoms with Crippen molar-refractivity contribution in [2.75, 3.05) is 6.54 Å². The third kappa shape index (κ3) is 4.09. The highest BCUT2D eigenvalue weighted by atomic mass is 19.1. The van der Waals surface area contributed by atoms with E-state index >= 15 is 0 Å². The van der Waals surface area contributed by atoms with Crippen LogP contribution in [-0.4, -0.2) is 12.5 Å². The summed E-state index contributed by atoms with van der Waals surface area (Å²) >= 11 is 0. The average molecular weight is 261 g/mol. The molecule has 0 saturated heterocycles. The number of nitrogens with zero attached hydrogens (tertiary/aromatic N) is 1. The summed E-state index contributed by atoms with van der Waals surface area (Å²) in [7, 11) is 0. The number of rotatable bonds is 5. The zero-order valence-electron chi connectivity index (χ0n) is 11.2. The van der Waals surface area contributed by atoms with E-state index in [0.717, 1.165) is 5.57 Å². The van der Waals surface area contributed by atoms with Crippen LogP contribution in [0.25, 0.3) is 0 Å². The smallest absolute Gasteiger partial charge is 0.189 e. The largest absolute Gasteiger partial charge is 0.370 e. The molecule has 1 aromatic rings. The van der Waals surface area contributed by atoms with E-state index in [2.05, 4.69) is 16.9 Å².